The molecule has 0 fully saturated rings. The molecule has 0 heterocycles. The van der Waals surface area contributed by atoms with Crippen LogP contribution in [0.1, 0.15) is 46.5 Å². The molecule has 0 aromatic heterocycles. The maximum Gasteiger partial charge on any atom is 0.325 e. The fourth-order valence-electron chi connectivity index (χ4n) is 1.93. The Morgan fingerprint density at radius 2 is 1.62 bits per heavy atom. The van der Waals surface area contributed by atoms with Crippen molar-refractivity contribution in [1.82, 2.24) is 4.90 Å². The van der Waals surface area contributed by atoms with Gasteiger partial charge in [0.2, 0.25) is 5.91 Å². The van der Waals surface area contributed by atoms with Crippen molar-refractivity contribution in [2.24, 2.45) is 5.92 Å². The quantitative estimate of drug-likeness (QED) is 0.575. The van der Waals surface area contributed by atoms with Crippen LogP contribution >= 0.6 is 0 Å². The molecule has 1 amide bonds. The van der Waals surface area contributed by atoms with Crippen molar-refractivity contribution in [2.75, 3.05) is 26.8 Å². The summed E-state index contributed by atoms with van der Waals surface area (Å²) in [4.78, 5) is 36.4. The van der Waals surface area contributed by atoms with E-state index in [1.807, 2.05) is 13.8 Å². The van der Waals surface area contributed by atoms with Gasteiger partial charge in [-0.2, -0.15) is 0 Å². The number of rotatable bonds is 10. The van der Waals surface area contributed by atoms with E-state index in [1.165, 1.54) is 12.0 Å². The van der Waals surface area contributed by atoms with E-state index < -0.39 is 11.9 Å². The molecule has 0 rings (SSSR count). The maximum absolute atomic E-state index is 12.2. The first-order valence-corrected chi connectivity index (χ1v) is 7.48. The second kappa shape index (κ2) is 11.1. The number of nitrogens with zero attached hydrogens (tertiary/aromatic N) is 1. The van der Waals surface area contributed by atoms with E-state index in [2.05, 4.69) is 4.74 Å². The van der Waals surface area contributed by atoms with Crippen LogP contribution in [0.2, 0.25) is 0 Å². The molecule has 21 heavy (non-hydrogen) atoms. The molecule has 0 unspecified atom stereocenters. The summed E-state index contributed by atoms with van der Waals surface area (Å²) in [5.41, 5.74) is 0. The predicted molar refractivity (Wildman–Crippen MR) is 78.5 cm³/mol. The molecule has 0 radical (unpaired) electrons. The zero-order valence-corrected chi connectivity index (χ0v) is 13.5. The molecule has 0 atom stereocenters. The first kappa shape index (κ1) is 19.4. The first-order valence-electron chi connectivity index (χ1n) is 7.48. The summed E-state index contributed by atoms with van der Waals surface area (Å²) >= 11 is 0. The van der Waals surface area contributed by atoms with E-state index in [4.69, 9.17) is 4.74 Å². The van der Waals surface area contributed by atoms with Crippen LogP contribution in [-0.2, 0) is 23.9 Å². The number of ether oxygens (including phenoxy) is 2. The topological polar surface area (TPSA) is 72.9 Å². The molecular formula is C15H27NO5. The van der Waals surface area contributed by atoms with Gasteiger partial charge in [0.1, 0.15) is 6.54 Å². The van der Waals surface area contributed by atoms with Gasteiger partial charge in [0.25, 0.3) is 0 Å². The normalized spacial score (nSPS) is 10.3. The molecule has 6 nitrogen and oxygen atoms in total. The number of hydrogen-bond donors (Lipinski definition) is 0. The SMILES string of the molecule is CCOC(=O)CCC(=O)N(CC(=O)OC)CC(CC)CC. The van der Waals surface area contributed by atoms with E-state index in [0.29, 0.717) is 19.1 Å². The summed E-state index contributed by atoms with van der Waals surface area (Å²) in [6.45, 7) is 6.54. The molecule has 0 aliphatic rings. The second-order valence-electron chi connectivity index (χ2n) is 4.84. The molecule has 0 saturated carbocycles. The Morgan fingerprint density at radius 3 is 2.10 bits per heavy atom. The molecular weight excluding hydrogens is 274 g/mol. The van der Waals surface area contributed by atoms with Crippen LogP contribution in [0.5, 0.6) is 0 Å². The average Bonchev–Trinajstić information content (AvgIpc) is 2.48. The standard InChI is InChI=1S/C15H27NO5/c1-5-12(6-2)10-16(11-15(19)20-4)13(17)8-9-14(18)21-7-3/h12H,5-11H2,1-4H3. The summed E-state index contributed by atoms with van der Waals surface area (Å²) in [7, 11) is 1.29. The Balaban J connectivity index is 4.58. The molecule has 0 N–H and O–H groups in total. The van der Waals surface area contributed by atoms with Crippen LogP contribution < -0.4 is 0 Å². The predicted octanol–water partition coefficient (Wildman–Crippen LogP) is 1.77. The highest BCUT2D eigenvalue weighted by Gasteiger charge is 2.21. The Morgan fingerprint density at radius 1 is 1.00 bits per heavy atom. The highest BCUT2D eigenvalue weighted by molar-refractivity contribution is 5.84. The van der Waals surface area contributed by atoms with E-state index >= 15 is 0 Å². The van der Waals surface area contributed by atoms with Crippen molar-refractivity contribution < 1.29 is 23.9 Å². The number of carbonyl (C=O) groups excluding carboxylic acids is 3. The van der Waals surface area contributed by atoms with E-state index in [-0.39, 0.29) is 25.3 Å². The third-order valence-electron chi connectivity index (χ3n) is 3.38. The summed E-state index contributed by atoms with van der Waals surface area (Å²) in [6.07, 6.45) is 1.95. The van der Waals surface area contributed by atoms with Gasteiger partial charge < -0.3 is 14.4 Å². The number of hydrogen-bond acceptors (Lipinski definition) is 5. The number of esters is 2. The largest absolute Gasteiger partial charge is 0.468 e. The summed E-state index contributed by atoms with van der Waals surface area (Å²) in [5.74, 6) is -0.738. The summed E-state index contributed by atoms with van der Waals surface area (Å²) < 4.78 is 9.42. The maximum atomic E-state index is 12.2. The van der Waals surface area contributed by atoms with Gasteiger partial charge in [-0.1, -0.05) is 26.7 Å². The van der Waals surface area contributed by atoms with Gasteiger partial charge in [-0.25, -0.2) is 0 Å². The molecule has 6 heteroatoms. The number of amides is 1. The lowest BCUT2D eigenvalue weighted by Crippen LogP contribution is -2.39. The lowest BCUT2D eigenvalue weighted by molar-refractivity contribution is -0.149. The third-order valence-corrected chi connectivity index (χ3v) is 3.38. The zero-order chi connectivity index (χ0) is 16.3. The Bertz CT molecular complexity index is 339. The van der Waals surface area contributed by atoms with Crippen molar-refractivity contribution in [2.45, 2.75) is 46.5 Å². The highest BCUT2D eigenvalue weighted by Crippen LogP contribution is 2.12. The molecule has 122 valence electrons. The number of methoxy groups -OCH3 is 1. The van der Waals surface area contributed by atoms with Crippen molar-refractivity contribution in [3.63, 3.8) is 0 Å². The Hall–Kier alpha value is -1.59. The van der Waals surface area contributed by atoms with Crippen LogP contribution in [0.3, 0.4) is 0 Å². The van der Waals surface area contributed by atoms with E-state index in [1.54, 1.807) is 6.92 Å². The molecule has 0 aromatic rings. The minimum atomic E-state index is -0.453. The summed E-state index contributed by atoms with van der Waals surface area (Å²) in [5, 5.41) is 0. The zero-order valence-electron chi connectivity index (χ0n) is 13.5. The van der Waals surface area contributed by atoms with Crippen molar-refractivity contribution in [3.8, 4) is 0 Å². The lowest BCUT2D eigenvalue weighted by Gasteiger charge is -2.25. The van der Waals surface area contributed by atoms with Crippen molar-refractivity contribution in [1.29, 1.82) is 0 Å². The molecule has 0 spiro atoms. The molecule has 0 aromatic carbocycles. The van der Waals surface area contributed by atoms with Crippen LogP contribution in [-0.4, -0.2) is 49.6 Å². The minimum Gasteiger partial charge on any atom is -0.468 e. The fourth-order valence-corrected chi connectivity index (χ4v) is 1.93. The minimum absolute atomic E-state index is 0.0350. The molecule has 0 saturated heterocycles. The molecule has 0 aliphatic heterocycles. The third kappa shape index (κ3) is 8.32. The lowest BCUT2D eigenvalue weighted by atomic mass is 10.0. The average molecular weight is 301 g/mol. The Labute approximate surface area is 126 Å². The van der Waals surface area contributed by atoms with Gasteiger partial charge in [-0.3, -0.25) is 14.4 Å². The monoisotopic (exact) mass is 301 g/mol. The van der Waals surface area contributed by atoms with Crippen molar-refractivity contribution in [3.05, 3.63) is 0 Å². The van der Waals surface area contributed by atoms with Crippen LogP contribution in [0.25, 0.3) is 0 Å². The van der Waals surface area contributed by atoms with Crippen LogP contribution in [0, 0.1) is 5.92 Å². The van der Waals surface area contributed by atoms with Gasteiger partial charge >= 0.3 is 11.9 Å². The fraction of sp³-hybridized carbons (Fsp3) is 0.800. The van der Waals surface area contributed by atoms with Gasteiger partial charge in [0.05, 0.1) is 20.1 Å². The molecule has 0 aliphatic carbocycles. The van der Waals surface area contributed by atoms with Gasteiger partial charge in [0.15, 0.2) is 0 Å². The Kier molecular flexibility index (Phi) is 10.3. The second-order valence-corrected chi connectivity index (χ2v) is 4.84. The van der Waals surface area contributed by atoms with E-state index in [9.17, 15) is 14.4 Å². The highest BCUT2D eigenvalue weighted by atomic mass is 16.5. The van der Waals surface area contributed by atoms with Crippen LogP contribution in [0.15, 0.2) is 0 Å². The number of carbonyl (C=O) groups is 3. The van der Waals surface area contributed by atoms with Gasteiger partial charge in [-0.05, 0) is 12.8 Å². The first-order chi connectivity index (χ1) is 9.98. The van der Waals surface area contributed by atoms with Crippen molar-refractivity contribution >= 4 is 17.8 Å². The summed E-state index contributed by atoms with van der Waals surface area (Å²) in [6, 6.07) is 0. The van der Waals surface area contributed by atoms with Crippen LogP contribution in [0.4, 0.5) is 0 Å². The molecule has 0 bridgehead atoms. The van der Waals surface area contributed by atoms with Gasteiger partial charge in [-0.15, -0.1) is 0 Å². The smallest absolute Gasteiger partial charge is 0.325 e. The van der Waals surface area contributed by atoms with E-state index in [0.717, 1.165) is 12.8 Å². The van der Waals surface area contributed by atoms with Gasteiger partial charge in [0, 0.05) is 13.0 Å².